The van der Waals surface area contributed by atoms with E-state index in [1.165, 1.54) is 17.4 Å². The predicted octanol–water partition coefficient (Wildman–Crippen LogP) is 5.10. The van der Waals surface area contributed by atoms with Crippen molar-refractivity contribution in [2.45, 2.75) is 31.1 Å². The molecule has 146 valence electrons. The first kappa shape index (κ1) is 20.1. The van der Waals surface area contributed by atoms with Crippen LogP contribution in [0.15, 0.2) is 59.5 Å². The van der Waals surface area contributed by atoms with Crippen LogP contribution in [0.3, 0.4) is 0 Å². The van der Waals surface area contributed by atoms with Gasteiger partial charge in [0.2, 0.25) is 0 Å². The predicted molar refractivity (Wildman–Crippen MR) is 114 cm³/mol. The van der Waals surface area contributed by atoms with Gasteiger partial charge in [-0.25, -0.2) is 13.2 Å². The van der Waals surface area contributed by atoms with Crippen LogP contribution in [0, 0.1) is 0 Å². The zero-order valence-corrected chi connectivity index (χ0v) is 17.4. The van der Waals surface area contributed by atoms with Crippen molar-refractivity contribution in [2.24, 2.45) is 0 Å². The minimum Gasteiger partial charge on any atom is -0.478 e. The van der Waals surface area contributed by atoms with Crippen molar-refractivity contribution in [2.75, 3.05) is 4.72 Å². The first-order chi connectivity index (χ1) is 13.0. The van der Waals surface area contributed by atoms with Crippen molar-refractivity contribution in [1.29, 1.82) is 0 Å². The van der Waals surface area contributed by atoms with Gasteiger partial charge in [0.1, 0.15) is 0 Å². The van der Waals surface area contributed by atoms with Gasteiger partial charge >= 0.3 is 5.97 Å². The topological polar surface area (TPSA) is 83.5 Å². The molecule has 0 bridgehead atoms. The standard InChI is InChI=1S/C21H21NO4S2/c1-21(2,3)15-4-8-18(9-5-15)28(25,26)22-16-6-10-19-14(12-16)13-17(27-19)7-11-20(23)24/h4-13,22H,1-3H3,(H,23,24)/b11-7+. The number of carboxylic acids is 1. The largest absolute Gasteiger partial charge is 0.478 e. The Morgan fingerprint density at radius 3 is 2.36 bits per heavy atom. The fourth-order valence-corrected chi connectivity index (χ4v) is 4.71. The Balaban J connectivity index is 1.85. The molecule has 0 aliphatic heterocycles. The minimum absolute atomic E-state index is 0.0491. The van der Waals surface area contributed by atoms with E-state index in [0.717, 1.165) is 26.6 Å². The van der Waals surface area contributed by atoms with Gasteiger partial charge in [-0.15, -0.1) is 11.3 Å². The van der Waals surface area contributed by atoms with Gasteiger partial charge in [-0.1, -0.05) is 32.9 Å². The lowest BCUT2D eigenvalue weighted by Crippen LogP contribution is -2.14. The number of sulfonamides is 1. The molecule has 0 spiro atoms. The molecule has 0 radical (unpaired) electrons. The smallest absolute Gasteiger partial charge is 0.328 e. The first-order valence-electron chi connectivity index (χ1n) is 8.62. The van der Waals surface area contributed by atoms with Crippen LogP contribution in [0.2, 0.25) is 0 Å². The summed E-state index contributed by atoms with van der Waals surface area (Å²) in [5.74, 6) is -1.01. The minimum atomic E-state index is -3.70. The number of carboxylic acid groups (broad SMARTS) is 1. The molecule has 2 aromatic carbocycles. The zero-order chi connectivity index (χ0) is 20.5. The summed E-state index contributed by atoms with van der Waals surface area (Å²) in [5.41, 5.74) is 1.47. The lowest BCUT2D eigenvalue weighted by molar-refractivity contribution is -0.131. The lowest BCUT2D eigenvalue weighted by Gasteiger charge is -2.19. The van der Waals surface area contributed by atoms with Crippen molar-refractivity contribution in [1.82, 2.24) is 0 Å². The van der Waals surface area contributed by atoms with Gasteiger partial charge < -0.3 is 5.11 Å². The van der Waals surface area contributed by atoms with Crippen LogP contribution in [0.25, 0.3) is 16.2 Å². The second kappa shape index (κ2) is 7.41. The normalized spacial score (nSPS) is 12.5. The van der Waals surface area contributed by atoms with E-state index in [0.29, 0.717) is 5.69 Å². The van der Waals surface area contributed by atoms with Crippen LogP contribution >= 0.6 is 11.3 Å². The number of benzene rings is 2. The Morgan fingerprint density at radius 2 is 1.75 bits per heavy atom. The molecule has 1 aromatic heterocycles. The van der Waals surface area contributed by atoms with Crippen molar-refractivity contribution >= 4 is 49.2 Å². The van der Waals surface area contributed by atoms with Crippen molar-refractivity contribution < 1.29 is 18.3 Å². The van der Waals surface area contributed by atoms with Gasteiger partial charge in [-0.05, 0) is 58.8 Å². The third-order valence-corrected chi connectivity index (χ3v) is 6.69. The summed E-state index contributed by atoms with van der Waals surface area (Å²) < 4.78 is 28.9. The second-order valence-corrected chi connectivity index (χ2v) is 10.3. The van der Waals surface area contributed by atoms with E-state index in [1.54, 1.807) is 24.3 Å². The van der Waals surface area contributed by atoms with Crippen molar-refractivity contribution in [3.05, 3.63) is 65.0 Å². The molecular weight excluding hydrogens is 394 g/mol. The van der Waals surface area contributed by atoms with Gasteiger partial charge in [0.25, 0.3) is 10.0 Å². The maximum atomic E-state index is 12.7. The summed E-state index contributed by atoms with van der Waals surface area (Å²) in [6, 6.07) is 14.0. The fraction of sp³-hybridized carbons (Fsp3) is 0.190. The third-order valence-electron chi connectivity index (χ3n) is 4.21. The number of fused-ring (bicyclic) bond motifs is 1. The van der Waals surface area contributed by atoms with E-state index in [1.807, 2.05) is 24.3 Å². The highest BCUT2D eigenvalue weighted by atomic mass is 32.2. The molecule has 28 heavy (non-hydrogen) atoms. The summed E-state index contributed by atoms with van der Waals surface area (Å²) in [7, 11) is -3.70. The molecule has 0 aliphatic rings. The Bertz CT molecular complexity index is 1150. The summed E-state index contributed by atoms with van der Waals surface area (Å²) in [6.45, 7) is 6.22. The molecule has 0 saturated heterocycles. The second-order valence-electron chi connectivity index (χ2n) is 7.45. The molecule has 7 heteroatoms. The van der Waals surface area contributed by atoms with E-state index in [9.17, 15) is 13.2 Å². The number of hydrogen-bond acceptors (Lipinski definition) is 4. The van der Waals surface area contributed by atoms with Crippen LogP contribution in [0.5, 0.6) is 0 Å². The summed E-state index contributed by atoms with van der Waals surface area (Å²) in [6.07, 6.45) is 2.60. The monoisotopic (exact) mass is 415 g/mol. The first-order valence-corrected chi connectivity index (χ1v) is 10.9. The zero-order valence-electron chi connectivity index (χ0n) is 15.8. The quantitative estimate of drug-likeness (QED) is 0.568. The molecule has 3 rings (SSSR count). The van der Waals surface area contributed by atoms with Crippen LogP contribution in [-0.4, -0.2) is 19.5 Å². The molecule has 0 saturated carbocycles. The van der Waals surface area contributed by atoms with Crippen LogP contribution in [-0.2, 0) is 20.2 Å². The highest BCUT2D eigenvalue weighted by molar-refractivity contribution is 7.92. The van der Waals surface area contributed by atoms with Gasteiger partial charge in [0.05, 0.1) is 4.90 Å². The van der Waals surface area contributed by atoms with Crippen LogP contribution in [0.1, 0.15) is 31.2 Å². The van der Waals surface area contributed by atoms with E-state index in [4.69, 9.17) is 5.11 Å². The number of anilines is 1. The Hall–Kier alpha value is -2.64. The Labute approximate surface area is 168 Å². The Morgan fingerprint density at radius 1 is 1.07 bits per heavy atom. The fourth-order valence-electron chi connectivity index (χ4n) is 2.71. The van der Waals surface area contributed by atoms with Crippen LogP contribution < -0.4 is 4.72 Å². The van der Waals surface area contributed by atoms with Gasteiger partial charge in [-0.3, -0.25) is 4.72 Å². The van der Waals surface area contributed by atoms with Gasteiger partial charge in [-0.2, -0.15) is 0 Å². The summed E-state index contributed by atoms with van der Waals surface area (Å²) >= 11 is 1.44. The highest BCUT2D eigenvalue weighted by Gasteiger charge is 2.18. The molecule has 3 aromatic rings. The molecule has 0 amide bonds. The van der Waals surface area contributed by atoms with E-state index in [2.05, 4.69) is 25.5 Å². The Kier molecular flexibility index (Phi) is 5.32. The molecule has 1 heterocycles. The summed E-state index contributed by atoms with van der Waals surface area (Å²) in [5, 5.41) is 9.58. The molecule has 0 fully saturated rings. The van der Waals surface area contributed by atoms with E-state index in [-0.39, 0.29) is 10.3 Å². The summed E-state index contributed by atoms with van der Waals surface area (Å²) in [4.78, 5) is 11.6. The maximum absolute atomic E-state index is 12.7. The molecule has 0 atom stereocenters. The number of rotatable bonds is 5. The average molecular weight is 416 g/mol. The van der Waals surface area contributed by atoms with E-state index < -0.39 is 16.0 Å². The molecule has 2 N–H and O–H groups in total. The van der Waals surface area contributed by atoms with Gasteiger partial charge in [0.15, 0.2) is 0 Å². The lowest BCUT2D eigenvalue weighted by atomic mass is 9.87. The average Bonchev–Trinajstić information content (AvgIpc) is 3.01. The maximum Gasteiger partial charge on any atom is 0.328 e. The molecule has 5 nitrogen and oxygen atoms in total. The van der Waals surface area contributed by atoms with E-state index >= 15 is 0 Å². The third kappa shape index (κ3) is 4.61. The molecule has 0 unspecified atom stereocenters. The number of nitrogens with one attached hydrogen (secondary N) is 1. The van der Waals surface area contributed by atoms with Crippen LogP contribution in [0.4, 0.5) is 5.69 Å². The van der Waals surface area contributed by atoms with Crippen molar-refractivity contribution in [3.63, 3.8) is 0 Å². The molecule has 0 aliphatic carbocycles. The van der Waals surface area contributed by atoms with Crippen molar-refractivity contribution in [3.8, 4) is 0 Å². The highest BCUT2D eigenvalue weighted by Crippen LogP contribution is 2.30. The number of aliphatic carboxylic acids is 1. The molecular formula is C21H21NO4S2. The number of hydrogen-bond donors (Lipinski definition) is 2. The number of thiophene rings is 1. The SMILES string of the molecule is CC(C)(C)c1ccc(S(=O)(=O)Nc2ccc3sc(/C=C/C(=O)O)cc3c2)cc1. The number of carbonyl (C=O) groups is 1. The van der Waals surface area contributed by atoms with Gasteiger partial charge in [0, 0.05) is 21.3 Å².